The van der Waals surface area contributed by atoms with Gasteiger partial charge in [0, 0.05) is 5.92 Å². The Morgan fingerprint density at radius 3 is 2.68 bits per heavy atom. The van der Waals surface area contributed by atoms with Crippen LogP contribution in [0, 0.1) is 0 Å². The maximum Gasteiger partial charge on any atom is 0.00360 e. The summed E-state index contributed by atoms with van der Waals surface area (Å²) in [4.78, 5) is 0. The van der Waals surface area contributed by atoms with E-state index in [2.05, 4.69) is 56.3 Å². The molecule has 0 N–H and O–H groups in total. The minimum Gasteiger partial charge on any atom is -0.0734 e. The molecule has 0 fully saturated rings. The van der Waals surface area contributed by atoms with Crippen molar-refractivity contribution < 1.29 is 0 Å². The largest absolute Gasteiger partial charge is 0.0734 e. The molecule has 0 saturated heterocycles. The second kappa shape index (κ2) is 5.21. The van der Waals surface area contributed by atoms with Crippen LogP contribution < -0.4 is 0 Å². The van der Waals surface area contributed by atoms with Crippen LogP contribution in [0.2, 0.25) is 0 Å². The molecule has 0 heterocycles. The molecule has 0 aliphatic heterocycles. The van der Waals surface area contributed by atoms with E-state index >= 15 is 0 Å². The van der Waals surface area contributed by atoms with Crippen LogP contribution in [-0.4, -0.2) is 0 Å². The van der Waals surface area contributed by atoms with Crippen LogP contribution in [0.4, 0.5) is 0 Å². The first kappa shape index (κ1) is 12.5. The fraction of sp³-hybridized carbons (Fsp3) is 0.368. The summed E-state index contributed by atoms with van der Waals surface area (Å²) in [5, 5.41) is 2.83. The highest BCUT2D eigenvalue weighted by Crippen LogP contribution is 2.42. The van der Waals surface area contributed by atoms with E-state index in [4.69, 9.17) is 0 Å². The van der Waals surface area contributed by atoms with Crippen LogP contribution in [0.15, 0.2) is 42.5 Å². The van der Waals surface area contributed by atoms with E-state index in [1.54, 1.807) is 5.56 Å². The van der Waals surface area contributed by atoms with Gasteiger partial charge in [0.05, 0.1) is 0 Å². The SMILES string of the molecule is CCCCCC1C=C(C)c2ccc3ccccc3c21. The summed E-state index contributed by atoms with van der Waals surface area (Å²) in [5.74, 6) is 0.632. The molecule has 0 saturated carbocycles. The quantitative estimate of drug-likeness (QED) is 0.591. The summed E-state index contributed by atoms with van der Waals surface area (Å²) in [5.41, 5.74) is 4.51. The van der Waals surface area contributed by atoms with Crippen molar-refractivity contribution in [3.8, 4) is 0 Å². The summed E-state index contributed by atoms with van der Waals surface area (Å²) < 4.78 is 0. The van der Waals surface area contributed by atoms with E-state index in [0.29, 0.717) is 5.92 Å². The minimum absolute atomic E-state index is 0.632. The number of hydrogen-bond donors (Lipinski definition) is 0. The molecule has 3 rings (SSSR count). The average molecular weight is 250 g/mol. The van der Waals surface area contributed by atoms with Gasteiger partial charge in [0.2, 0.25) is 0 Å². The molecule has 0 heteroatoms. The normalized spacial score (nSPS) is 17.6. The molecular formula is C19H22. The zero-order valence-electron chi connectivity index (χ0n) is 11.9. The van der Waals surface area contributed by atoms with Gasteiger partial charge >= 0.3 is 0 Å². The van der Waals surface area contributed by atoms with Crippen LogP contribution in [0.1, 0.15) is 56.6 Å². The molecule has 1 aliphatic rings. The number of unbranched alkanes of at least 4 members (excludes halogenated alkanes) is 2. The number of rotatable bonds is 4. The van der Waals surface area contributed by atoms with E-state index in [1.165, 1.54) is 47.6 Å². The number of fused-ring (bicyclic) bond motifs is 3. The molecule has 2 aromatic carbocycles. The molecule has 1 atom stereocenters. The Morgan fingerprint density at radius 1 is 1.00 bits per heavy atom. The average Bonchev–Trinajstić information content (AvgIpc) is 2.76. The lowest BCUT2D eigenvalue weighted by Gasteiger charge is -2.14. The lowest BCUT2D eigenvalue weighted by molar-refractivity contribution is 0.634. The molecule has 2 aromatic rings. The fourth-order valence-corrected chi connectivity index (χ4v) is 3.36. The Bertz CT molecular complexity index is 619. The maximum absolute atomic E-state index is 2.48. The van der Waals surface area contributed by atoms with Crippen molar-refractivity contribution in [1.29, 1.82) is 0 Å². The van der Waals surface area contributed by atoms with Crippen LogP contribution in [0.3, 0.4) is 0 Å². The van der Waals surface area contributed by atoms with Gasteiger partial charge in [-0.15, -0.1) is 0 Å². The topological polar surface area (TPSA) is 0 Å². The van der Waals surface area contributed by atoms with Crippen LogP contribution in [-0.2, 0) is 0 Å². The van der Waals surface area contributed by atoms with Gasteiger partial charge in [-0.25, -0.2) is 0 Å². The number of benzene rings is 2. The molecule has 0 radical (unpaired) electrons. The van der Waals surface area contributed by atoms with Gasteiger partial charge in [-0.1, -0.05) is 68.7 Å². The third kappa shape index (κ3) is 2.20. The first-order valence-electron chi connectivity index (χ1n) is 7.51. The standard InChI is InChI=1S/C19H22/c1-3-4-5-9-16-13-14(2)17-12-11-15-8-6-7-10-18(15)19(16)17/h6-8,10-13,16H,3-5,9H2,1-2H3. The summed E-state index contributed by atoms with van der Waals surface area (Å²) in [6.07, 6.45) is 7.77. The molecule has 0 nitrogen and oxygen atoms in total. The van der Waals surface area contributed by atoms with Crippen LogP contribution in [0.25, 0.3) is 16.3 Å². The minimum atomic E-state index is 0.632. The molecule has 1 unspecified atom stereocenters. The van der Waals surface area contributed by atoms with Crippen molar-refractivity contribution in [3.63, 3.8) is 0 Å². The maximum atomic E-state index is 2.48. The number of allylic oxidation sites excluding steroid dienone is 2. The summed E-state index contributed by atoms with van der Waals surface area (Å²) in [6.45, 7) is 4.53. The Labute approximate surface area is 116 Å². The van der Waals surface area contributed by atoms with Gasteiger partial charge in [0.15, 0.2) is 0 Å². The second-order valence-electron chi connectivity index (χ2n) is 5.70. The lowest BCUT2D eigenvalue weighted by Crippen LogP contribution is -1.95. The third-order valence-corrected chi connectivity index (χ3v) is 4.34. The summed E-state index contributed by atoms with van der Waals surface area (Å²) in [7, 11) is 0. The number of hydrogen-bond acceptors (Lipinski definition) is 0. The van der Waals surface area contributed by atoms with Gasteiger partial charge in [0.25, 0.3) is 0 Å². The highest BCUT2D eigenvalue weighted by molar-refractivity contribution is 5.93. The molecule has 1 aliphatic carbocycles. The third-order valence-electron chi connectivity index (χ3n) is 4.34. The zero-order valence-corrected chi connectivity index (χ0v) is 11.9. The van der Waals surface area contributed by atoms with E-state index in [-0.39, 0.29) is 0 Å². The predicted molar refractivity (Wildman–Crippen MR) is 84.5 cm³/mol. The lowest BCUT2D eigenvalue weighted by atomic mass is 9.90. The molecule has 0 spiro atoms. The van der Waals surface area contributed by atoms with Gasteiger partial charge in [-0.05, 0) is 40.8 Å². The monoisotopic (exact) mass is 250 g/mol. The van der Waals surface area contributed by atoms with E-state index in [9.17, 15) is 0 Å². The van der Waals surface area contributed by atoms with E-state index in [1.807, 2.05) is 0 Å². The van der Waals surface area contributed by atoms with E-state index < -0.39 is 0 Å². The molecular weight excluding hydrogens is 228 g/mol. The molecule has 0 aromatic heterocycles. The van der Waals surface area contributed by atoms with Crippen LogP contribution in [0.5, 0.6) is 0 Å². The second-order valence-corrected chi connectivity index (χ2v) is 5.70. The van der Waals surface area contributed by atoms with Gasteiger partial charge in [0.1, 0.15) is 0 Å². The summed E-state index contributed by atoms with van der Waals surface area (Å²) >= 11 is 0. The molecule has 0 bridgehead atoms. The highest BCUT2D eigenvalue weighted by Gasteiger charge is 2.22. The van der Waals surface area contributed by atoms with Crippen molar-refractivity contribution in [2.75, 3.05) is 0 Å². The first-order chi connectivity index (χ1) is 9.31. The zero-order chi connectivity index (χ0) is 13.2. The summed E-state index contributed by atoms with van der Waals surface area (Å²) in [6, 6.07) is 13.4. The van der Waals surface area contributed by atoms with Gasteiger partial charge < -0.3 is 0 Å². The van der Waals surface area contributed by atoms with Crippen molar-refractivity contribution in [2.24, 2.45) is 0 Å². The van der Waals surface area contributed by atoms with Crippen molar-refractivity contribution in [1.82, 2.24) is 0 Å². The molecule has 98 valence electrons. The Balaban J connectivity index is 2.03. The molecule has 19 heavy (non-hydrogen) atoms. The molecule has 0 amide bonds. The highest BCUT2D eigenvalue weighted by atomic mass is 14.3. The van der Waals surface area contributed by atoms with Crippen LogP contribution >= 0.6 is 0 Å². The Kier molecular flexibility index (Phi) is 3.42. The Morgan fingerprint density at radius 2 is 1.84 bits per heavy atom. The van der Waals surface area contributed by atoms with Crippen molar-refractivity contribution in [3.05, 3.63) is 53.6 Å². The Hall–Kier alpha value is -1.56. The van der Waals surface area contributed by atoms with Crippen molar-refractivity contribution >= 4 is 16.3 Å². The van der Waals surface area contributed by atoms with Crippen molar-refractivity contribution in [2.45, 2.75) is 45.4 Å². The van der Waals surface area contributed by atoms with E-state index in [0.717, 1.165) is 0 Å². The van der Waals surface area contributed by atoms with Gasteiger partial charge in [-0.3, -0.25) is 0 Å². The van der Waals surface area contributed by atoms with Gasteiger partial charge in [-0.2, -0.15) is 0 Å². The fourth-order valence-electron chi connectivity index (χ4n) is 3.36. The first-order valence-corrected chi connectivity index (χ1v) is 7.51. The smallest absolute Gasteiger partial charge is 0.00360 e. The predicted octanol–water partition coefficient (Wildman–Crippen LogP) is 5.92.